The first-order chi connectivity index (χ1) is 6.24. The molecule has 0 aromatic heterocycles. The zero-order chi connectivity index (χ0) is 9.68. The Hall–Kier alpha value is -0.530. The summed E-state index contributed by atoms with van der Waals surface area (Å²) in [5, 5.41) is 0. The van der Waals surface area contributed by atoms with Crippen LogP contribution in [0.2, 0.25) is 0 Å². The quantitative estimate of drug-likeness (QED) is 0.629. The molecule has 1 saturated carbocycles. The second-order valence-corrected chi connectivity index (χ2v) is 3.80. The molecule has 0 spiro atoms. The number of hydrogen-bond donors (Lipinski definition) is 0. The molecule has 1 radical (unpaired) electrons. The van der Waals surface area contributed by atoms with Gasteiger partial charge in [0.25, 0.3) is 0 Å². The molecule has 0 saturated heterocycles. The molecule has 0 unspecified atom stereocenters. The lowest BCUT2D eigenvalue weighted by Gasteiger charge is -2.22. The Labute approximate surface area is 80.7 Å². The zero-order valence-corrected chi connectivity index (χ0v) is 8.64. The van der Waals surface area contributed by atoms with Gasteiger partial charge in [0.15, 0.2) is 0 Å². The van der Waals surface area contributed by atoms with E-state index in [0.29, 0.717) is 0 Å². The number of carbonyl (C=O) groups excluding carboxylic acids is 1. The smallest absolute Gasteiger partial charge is 0.313 e. The molecule has 0 bridgehead atoms. The third kappa shape index (κ3) is 3.37. The first-order valence-corrected chi connectivity index (χ1v) is 5.27. The molecule has 2 heteroatoms. The maximum absolute atomic E-state index is 11.4. The second kappa shape index (κ2) is 5.25. The lowest BCUT2D eigenvalue weighted by Crippen LogP contribution is -2.23. The molecule has 0 atom stereocenters. The highest BCUT2D eigenvalue weighted by atomic mass is 16.5. The first-order valence-electron chi connectivity index (χ1n) is 5.27. The lowest BCUT2D eigenvalue weighted by atomic mass is 9.97. The van der Waals surface area contributed by atoms with E-state index in [2.05, 4.69) is 0 Å². The van der Waals surface area contributed by atoms with Crippen molar-refractivity contribution in [2.75, 3.05) is 0 Å². The van der Waals surface area contributed by atoms with Crippen LogP contribution >= 0.6 is 0 Å². The van der Waals surface area contributed by atoms with Crippen molar-refractivity contribution in [3.05, 3.63) is 5.92 Å². The van der Waals surface area contributed by atoms with Gasteiger partial charge in [0.05, 0.1) is 5.92 Å². The van der Waals surface area contributed by atoms with Gasteiger partial charge in [0.1, 0.15) is 6.10 Å². The third-order valence-electron chi connectivity index (χ3n) is 2.70. The van der Waals surface area contributed by atoms with E-state index in [1.54, 1.807) is 0 Å². The van der Waals surface area contributed by atoms with Crippen molar-refractivity contribution in [2.45, 2.75) is 58.5 Å². The maximum Gasteiger partial charge on any atom is 0.313 e. The molecule has 2 nitrogen and oxygen atoms in total. The summed E-state index contributed by atoms with van der Waals surface area (Å²) >= 11 is 0. The Morgan fingerprint density at radius 3 is 2.46 bits per heavy atom. The van der Waals surface area contributed by atoms with Gasteiger partial charge in [-0.15, -0.1) is 0 Å². The van der Waals surface area contributed by atoms with E-state index in [-0.39, 0.29) is 12.1 Å². The predicted molar refractivity (Wildman–Crippen MR) is 52.2 cm³/mol. The molecule has 75 valence electrons. The molecule has 1 fully saturated rings. The van der Waals surface area contributed by atoms with Crippen molar-refractivity contribution in [3.8, 4) is 0 Å². The summed E-state index contributed by atoms with van der Waals surface area (Å²) in [7, 11) is 0. The van der Waals surface area contributed by atoms with Gasteiger partial charge in [0, 0.05) is 0 Å². The fourth-order valence-corrected chi connectivity index (χ4v) is 1.58. The maximum atomic E-state index is 11.4. The average Bonchev–Trinajstić information content (AvgIpc) is 2.18. The summed E-state index contributed by atoms with van der Waals surface area (Å²) in [5.41, 5.74) is 0. The molecule has 1 rings (SSSR count). The molecule has 0 aromatic rings. The van der Waals surface area contributed by atoms with E-state index in [1.165, 1.54) is 19.3 Å². The van der Waals surface area contributed by atoms with Crippen molar-refractivity contribution in [1.82, 2.24) is 0 Å². The van der Waals surface area contributed by atoms with E-state index >= 15 is 0 Å². The van der Waals surface area contributed by atoms with Crippen molar-refractivity contribution in [3.63, 3.8) is 0 Å². The van der Waals surface area contributed by atoms with E-state index in [1.807, 2.05) is 13.8 Å². The molecular formula is C11H19O2. The SMILES string of the molecule is CC[C](C)C(=O)OC1CCCCC1. The van der Waals surface area contributed by atoms with Crippen LogP contribution < -0.4 is 0 Å². The van der Waals surface area contributed by atoms with Crippen molar-refractivity contribution >= 4 is 5.97 Å². The summed E-state index contributed by atoms with van der Waals surface area (Å²) in [4.78, 5) is 11.4. The minimum absolute atomic E-state index is 0.0885. The van der Waals surface area contributed by atoms with Gasteiger partial charge >= 0.3 is 5.97 Å². The summed E-state index contributed by atoms with van der Waals surface area (Å²) in [5.74, 6) is 0.750. The van der Waals surface area contributed by atoms with Gasteiger partial charge in [-0.05, 0) is 39.0 Å². The average molecular weight is 183 g/mol. The molecule has 0 aromatic carbocycles. The first kappa shape index (κ1) is 10.6. The Bertz CT molecular complexity index is 159. The number of ether oxygens (including phenoxy) is 1. The van der Waals surface area contributed by atoms with Gasteiger partial charge in [-0.3, -0.25) is 4.79 Å². The normalized spacial score (nSPS) is 19.0. The van der Waals surface area contributed by atoms with Crippen molar-refractivity contribution in [2.24, 2.45) is 0 Å². The summed E-state index contributed by atoms with van der Waals surface area (Å²) in [6.45, 7) is 3.84. The Kier molecular flexibility index (Phi) is 4.26. The molecule has 13 heavy (non-hydrogen) atoms. The van der Waals surface area contributed by atoms with Crippen LogP contribution in [0.25, 0.3) is 0 Å². The predicted octanol–water partition coefficient (Wildman–Crippen LogP) is 2.87. The van der Waals surface area contributed by atoms with Crippen LogP contribution in [0.3, 0.4) is 0 Å². The monoisotopic (exact) mass is 183 g/mol. The highest BCUT2D eigenvalue weighted by Crippen LogP contribution is 2.21. The van der Waals surface area contributed by atoms with Crippen LogP contribution in [-0.2, 0) is 9.53 Å². The molecule has 1 aliphatic rings. The topological polar surface area (TPSA) is 26.3 Å². The van der Waals surface area contributed by atoms with Crippen LogP contribution in [0.5, 0.6) is 0 Å². The minimum Gasteiger partial charge on any atom is -0.462 e. The number of carbonyl (C=O) groups is 1. The number of rotatable bonds is 3. The largest absolute Gasteiger partial charge is 0.462 e. The van der Waals surface area contributed by atoms with Crippen molar-refractivity contribution in [1.29, 1.82) is 0 Å². The van der Waals surface area contributed by atoms with Gasteiger partial charge in [0.2, 0.25) is 0 Å². The van der Waals surface area contributed by atoms with Crippen LogP contribution in [-0.4, -0.2) is 12.1 Å². The van der Waals surface area contributed by atoms with Gasteiger partial charge < -0.3 is 4.74 Å². The molecule has 1 aliphatic carbocycles. The third-order valence-corrected chi connectivity index (χ3v) is 2.70. The van der Waals surface area contributed by atoms with Gasteiger partial charge in [-0.2, -0.15) is 0 Å². The highest BCUT2D eigenvalue weighted by Gasteiger charge is 2.20. The number of hydrogen-bond acceptors (Lipinski definition) is 2. The van der Waals surface area contributed by atoms with Gasteiger partial charge in [-0.25, -0.2) is 0 Å². The fraction of sp³-hybridized carbons (Fsp3) is 0.818. The van der Waals surface area contributed by atoms with Gasteiger partial charge in [-0.1, -0.05) is 13.3 Å². The van der Waals surface area contributed by atoms with E-state index in [4.69, 9.17) is 4.74 Å². The Balaban J connectivity index is 2.26. The van der Waals surface area contributed by atoms with Crippen LogP contribution in [0.1, 0.15) is 52.4 Å². The highest BCUT2D eigenvalue weighted by molar-refractivity contribution is 5.84. The standard InChI is InChI=1S/C11H19O2/c1-3-9(2)11(12)13-10-7-5-4-6-8-10/h10H,3-8H2,1-2H3. The van der Waals surface area contributed by atoms with Crippen LogP contribution in [0, 0.1) is 5.92 Å². The Morgan fingerprint density at radius 2 is 1.92 bits per heavy atom. The number of esters is 1. The van der Waals surface area contributed by atoms with E-state index < -0.39 is 0 Å². The molecule has 0 aliphatic heterocycles. The van der Waals surface area contributed by atoms with Crippen LogP contribution in [0.4, 0.5) is 0 Å². The minimum atomic E-state index is -0.0885. The van der Waals surface area contributed by atoms with E-state index in [9.17, 15) is 4.79 Å². The zero-order valence-electron chi connectivity index (χ0n) is 8.64. The van der Waals surface area contributed by atoms with Crippen molar-refractivity contribution < 1.29 is 9.53 Å². The summed E-state index contributed by atoms with van der Waals surface area (Å²) in [6, 6.07) is 0. The summed E-state index contributed by atoms with van der Waals surface area (Å²) < 4.78 is 5.37. The molecule has 0 amide bonds. The summed E-state index contributed by atoms with van der Waals surface area (Å²) in [6.07, 6.45) is 6.83. The molecule has 0 N–H and O–H groups in total. The van der Waals surface area contributed by atoms with E-state index in [0.717, 1.165) is 25.2 Å². The Morgan fingerprint density at radius 1 is 1.31 bits per heavy atom. The second-order valence-electron chi connectivity index (χ2n) is 3.80. The van der Waals surface area contributed by atoms with Crippen LogP contribution in [0.15, 0.2) is 0 Å². The molecule has 0 heterocycles. The molecular weight excluding hydrogens is 164 g/mol. The fourth-order valence-electron chi connectivity index (χ4n) is 1.58. The lowest BCUT2D eigenvalue weighted by molar-refractivity contribution is -0.148.